The minimum Gasteiger partial charge on any atom is -0.486 e. The summed E-state index contributed by atoms with van der Waals surface area (Å²) >= 11 is 0. The molecule has 24 heavy (non-hydrogen) atoms. The van der Waals surface area contributed by atoms with E-state index in [1.54, 1.807) is 6.07 Å². The molecule has 5 nitrogen and oxygen atoms in total. The summed E-state index contributed by atoms with van der Waals surface area (Å²) in [5.41, 5.74) is 3.19. The van der Waals surface area contributed by atoms with Crippen LogP contribution in [-0.2, 0) is 11.3 Å². The molecule has 0 atom stereocenters. The number of amides is 1. The van der Waals surface area contributed by atoms with Gasteiger partial charge in [-0.05, 0) is 24.6 Å². The number of aryl methyl sites for hydroxylation is 1. The lowest BCUT2D eigenvalue weighted by molar-refractivity contribution is -0.116. The Bertz CT molecular complexity index is 716. The van der Waals surface area contributed by atoms with Crippen molar-refractivity contribution < 1.29 is 14.3 Å². The number of fused-ring (bicyclic) bond motifs is 1. The smallest absolute Gasteiger partial charge is 0.225 e. The number of carbonyl (C=O) groups is 1. The molecule has 0 unspecified atom stereocenters. The minimum absolute atomic E-state index is 0.0246. The first-order valence-electron chi connectivity index (χ1n) is 8.16. The molecule has 0 aliphatic carbocycles. The maximum Gasteiger partial charge on any atom is 0.225 e. The zero-order valence-corrected chi connectivity index (χ0v) is 13.8. The predicted octanol–water partition coefficient (Wildman–Crippen LogP) is 2.88. The summed E-state index contributed by atoms with van der Waals surface area (Å²) in [5.74, 6) is 1.37. The Kier molecular flexibility index (Phi) is 5.33. The Morgan fingerprint density at radius 1 is 1.08 bits per heavy atom. The van der Waals surface area contributed by atoms with Gasteiger partial charge >= 0.3 is 0 Å². The maximum atomic E-state index is 12.0. The summed E-state index contributed by atoms with van der Waals surface area (Å²) in [6.45, 7) is 4.56. The van der Waals surface area contributed by atoms with E-state index in [1.807, 2.05) is 18.2 Å². The molecule has 0 spiro atoms. The lowest BCUT2D eigenvalue weighted by atomic mass is 10.1. The van der Waals surface area contributed by atoms with Crippen LogP contribution in [0, 0.1) is 6.92 Å². The lowest BCUT2D eigenvalue weighted by Gasteiger charge is -2.19. The third-order valence-electron chi connectivity index (χ3n) is 3.77. The van der Waals surface area contributed by atoms with Crippen LogP contribution in [0.4, 0.5) is 5.69 Å². The molecule has 0 fully saturated rings. The molecule has 1 amide bonds. The molecule has 0 radical (unpaired) electrons. The summed E-state index contributed by atoms with van der Waals surface area (Å²) < 4.78 is 11.0. The van der Waals surface area contributed by atoms with E-state index < -0.39 is 0 Å². The summed E-state index contributed by atoms with van der Waals surface area (Å²) in [4.78, 5) is 12.0. The molecule has 0 saturated carbocycles. The van der Waals surface area contributed by atoms with Crippen molar-refractivity contribution in [3.63, 3.8) is 0 Å². The van der Waals surface area contributed by atoms with Crippen molar-refractivity contribution in [2.75, 3.05) is 25.1 Å². The number of nitrogens with one attached hydrogen (secondary N) is 2. The van der Waals surface area contributed by atoms with E-state index in [4.69, 9.17) is 9.47 Å². The average molecular weight is 326 g/mol. The molecule has 0 saturated heterocycles. The zero-order chi connectivity index (χ0) is 16.8. The molecule has 0 aromatic heterocycles. The van der Waals surface area contributed by atoms with E-state index in [1.165, 1.54) is 11.1 Å². The van der Waals surface area contributed by atoms with Gasteiger partial charge in [0.1, 0.15) is 13.2 Å². The van der Waals surface area contributed by atoms with E-state index in [-0.39, 0.29) is 5.91 Å². The molecule has 3 rings (SSSR count). The lowest BCUT2D eigenvalue weighted by Crippen LogP contribution is -2.21. The Hall–Kier alpha value is -2.53. The third-order valence-corrected chi connectivity index (χ3v) is 3.77. The molecule has 2 aromatic rings. The third kappa shape index (κ3) is 4.49. The number of ether oxygens (including phenoxy) is 2. The van der Waals surface area contributed by atoms with Gasteiger partial charge in [0.15, 0.2) is 11.5 Å². The van der Waals surface area contributed by atoms with Gasteiger partial charge < -0.3 is 20.1 Å². The standard InChI is InChI=1S/C19H22N2O3/c1-14-3-2-4-15(11-14)13-20-8-7-19(22)21-16-5-6-17-18(12-16)24-10-9-23-17/h2-6,11-12,20H,7-10,13H2,1H3,(H,21,22). The highest BCUT2D eigenvalue weighted by molar-refractivity contribution is 5.91. The molecule has 2 aromatic carbocycles. The van der Waals surface area contributed by atoms with Gasteiger partial charge in [0, 0.05) is 31.3 Å². The first-order chi connectivity index (χ1) is 11.7. The van der Waals surface area contributed by atoms with Gasteiger partial charge in [0.05, 0.1) is 0 Å². The van der Waals surface area contributed by atoms with E-state index in [0.717, 1.165) is 18.0 Å². The van der Waals surface area contributed by atoms with Crippen molar-refractivity contribution in [1.82, 2.24) is 5.32 Å². The second-order valence-electron chi connectivity index (χ2n) is 5.82. The summed E-state index contributed by atoms with van der Waals surface area (Å²) in [7, 11) is 0. The normalized spacial score (nSPS) is 12.7. The quantitative estimate of drug-likeness (QED) is 0.802. The van der Waals surface area contributed by atoms with Gasteiger partial charge in [0.2, 0.25) is 5.91 Å². The highest BCUT2D eigenvalue weighted by atomic mass is 16.6. The fraction of sp³-hybridized carbons (Fsp3) is 0.316. The van der Waals surface area contributed by atoms with Crippen LogP contribution in [0.25, 0.3) is 0 Å². The molecule has 1 heterocycles. The van der Waals surface area contributed by atoms with Gasteiger partial charge in [0.25, 0.3) is 0 Å². The molecule has 2 N–H and O–H groups in total. The van der Waals surface area contributed by atoms with Crippen LogP contribution in [0.3, 0.4) is 0 Å². The van der Waals surface area contributed by atoms with Crippen LogP contribution in [0.5, 0.6) is 11.5 Å². The van der Waals surface area contributed by atoms with Crippen LogP contribution in [-0.4, -0.2) is 25.7 Å². The van der Waals surface area contributed by atoms with E-state index in [9.17, 15) is 4.79 Å². The number of hydrogen-bond acceptors (Lipinski definition) is 4. The van der Waals surface area contributed by atoms with Crippen molar-refractivity contribution in [3.8, 4) is 11.5 Å². The van der Waals surface area contributed by atoms with E-state index >= 15 is 0 Å². The first kappa shape index (κ1) is 16.3. The highest BCUT2D eigenvalue weighted by Crippen LogP contribution is 2.32. The zero-order valence-electron chi connectivity index (χ0n) is 13.8. The second kappa shape index (κ2) is 7.84. The topological polar surface area (TPSA) is 59.6 Å². The van der Waals surface area contributed by atoms with Crippen molar-refractivity contribution in [1.29, 1.82) is 0 Å². The number of rotatable bonds is 6. The SMILES string of the molecule is Cc1cccc(CNCCC(=O)Nc2ccc3c(c2)OCCO3)c1. The average Bonchev–Trinajstić information content (AvgIpc) is 2.59. The largest absolute Gasteiger partial charge is 0.486 e. The monoisotopic (exact) mass is 326 g/mol. The van der Waals surface area contributed by atoms with E-state index in [2.05, 4.69) is 35.8 Å². The second-order valence-corrected chi connectivity index (χ2v) is 5.82. The molecule has 5 heteroatoms. The van der Waals surface area contributed by atoms with Crippen molar-refractivity contribution in [3.05, 3.63) is 53.6 Å². The Balaban J connectivity index is 1.42. The van der Waals surface area contributed by atoms with Gasteiger partial charge in [-0.2, -0.15) is 0 Å². The van der Waals surface area contributed by atoms with Crippen molar-refractivity contribution >= 4 is 11.6 Å². The van der Waals surface area contributed by atoms with Crippen LogP contribution in [0.1, 0.15) is 17.5 Å². The Morgan fingerprint density at radius 2 is 1.92 bits per heavy atom. The Morgan fingerprint density at radius 3 is 2.75 bits per heavy atom. The van der Waals surface area contributed by atoms with Gasteiger partial charge in [-0.3, -0.25) is 4.79 Å². The minimum atomic E-state index is -0.0246. The van der Waals surface area contributed by atoms with Crippen molar-refractivity contribution in [2.24, 2.45) is 0 Å². The van der Waals surface area contributed by atoms with Crippen LogP contribution < -0.4 is 20.1 Å². The van der Waals surface area contributed by atoms with Crippen LogP contribution >= 0.6 is 0 Å². The van der Waals surface area contributed by atoms with Gasteiger partial charge in [-0.25, -0.2) is 0 Å². The number of benzene rings is 2. The Labute approximate surface area is 142 Å². The van der Waals surface area contributed by atoms with E-state index in [0.29, 0.717) is 31.9 Å². The molecular weight excluding hydrogens is 304 g/mol. The summed E-state index contributed by atoms with van der Waals surface area (Å²) in [6.07, 6.45) is 0.417. The highest BCUT2D eigenvalue weighted by Gasteiger charge is 2.12. The molecular formula is C19H22N2O3. The number of anilines is 1. The fourth-order valence-corrected chi connectivity index (χ4v) is 2.60. The number of hydrogen-bond donors (Lipinski definition) is 2. The predicted molar refractivity (Wildman–Crippen MR) is 93.6 cm³/mol. The molecule has 126 valence electrons. The fourth-order valence-electron chi connectivity index (χ4n) is 2.60. The van der Waals surface area contributed by atoms with Crippen LogP contribution in [0.15, 0.2) is 42.5 Å². The molecule has 1 aliphatic rings. The van der Waals surface area contributed by atoms with Crippen LogP contribution in [0.2, 0.25) is 0 Å². The molecule has 1 aliphatic heterocycles. The first-order valence-corrected chi connectivity index (χ1v) is 8.16. The molecule has 0 bridgehead atoms. The maximum absolute atomic E-state index is 12.0. The van der Waals surface area contributed by atoms with Crippen molar-refractivity contribution in [2.45, 2.75) is 19.9 Å². The van der Waals surface area contributed by atoms with Gasteiger partial charge in [-0.15, -0.1) is 0 Å². The summed E-state index contributed by atoms with van der Waals surface area (Å²) in [6, 6.07) is 13.8. The summed E-state index contributed by atoms with van der Waals surface area (Å²) in [5, 5.41) is 6.18. The van der Waals surface area contributed by atoms with Gasteiger partial charge in [-0.1, -0.05) is 29.8 Å². The number of carbonyl (C=O) groups excluding carboxylic acids is 1.